The lowest BCUT2D eigenvalue weighted by Gasteiger charge is -2.27. The lowest BCUT2D eigenvalue weighted by Crippen LogP contribution is -2.18. The van der Waals surface area contributed by atoms with Crippen LogP contribution in [0.4, 0.5) is 0 Å². The smallest absolute Gasteiger partial charge is 0.347 e. The summed E-state index contributed by atoms with van der Waals surface area (Å²) in [5.74, 6) is -1.40. The Labute approximate surface area is 244 Å². The molecule has 5 rings (SSSR count). The van der Waals surface area contributed by atoms with Gasteiger partial charge in [-0.05, 0) is 71.8 Å². The summed E-state index contributed by atoms with van der Waals surface area (Å²) in [5, 5.41) is 9.69. The first-order chi connectivity index (χ1) is 19.9. The molecular formula is C34H30O8. The summed E-state index contributed by atoms with van der Waals surface area (Å²) in [6, 6.07) is 24.1. The van der Waals surface area contributed by atoms with E-state index in [0.29, 0.717) is 23.0 Å². The Hall–Kier alpha value is -5.24. The average molecular weight is 567 g/mol. The molecule has 0 aliphatic carbocycles. The van der Waals surface area contributed by atoms with Crippen LogP contribution in [0.25, 0.3) is 0 Å². The molecule has 1 N–H and O–H groups in total. The zero-order valence-electron chi connectivity index (χ0n) is 23.5. The third-order valence-electron chi connectivity index (χ3n) is 7.21. The molecule has 4 aromatic rings. The van der Waals surface area contributed by atoms with E-state index >= 15 is 0 Å². The second-order valence-electron chi connectivity index (χ2n) is 10.8. The Balaban J connectivity index is 0.00000423. The number of carbonyl (C=O) groups is 4. The molecular weight excluding hydrogens is 536 g/mol. The SMILES string of the molecule is CC(C)C(=O)c1ccc(Oc2cccc(C(C)(C)c3cccc(Oc4ccc5c(c4)C(=O)OC5=O)c3)c2)cc1C(=O)O.[HH]. The topological polar surface area (TPSA) is 116 Å². The molecule has 0 unspecified atom stereocenters. The molecule has 0 bridgehead atoms. The Morgan fingerprint density at radius 1 is 0.714 bits per heavy atom. The second kappa shape index (κ2) is 11.0. The minimum absolute atomic E-state index is 0. The van der Waals surface area contributed by atoms with Crippen LogP contribution in [0, 0.1) is 5.92 Å². The first-order valence-corrected chi connectivity index (χ1v) is 13.3. The Bertz CT molecular complexity index is 1760. The summed E-state index contributed by atoms with van der Waals surface area (Å²) in [6.07, 6.45) is 0. The number of carbonyl (C=O) groups excluding carboxylic acids is 3. The Morgan fingerprint density at radius 2 is 1.24 bits per heavy atom. The van der Waals surface area contributed by atoms with Crippen molar-refractivity contribution in [2.24, 2.45) is 5.92 Å². The van der Waals surface area contributed by atoms with Gasteiger partial charge in [-0.1, -0.05) is 52.0 Å². The third-order valence-corrected chi connectivity index (χ3v) is 7.21. The van der Waals surface area contributed by atoms with E-state index in [2.05, 4.69) is 18.6 Å². The summed E-state index contributed by atoms with van der Waals surface area (Å²) in [4.78, 5) is 48.0. The predicted molar refractivity (Wildman–Crippen MR) is 156 cm³/mol. The fourth-order valence-corrected chi connectivity index (χ4v) is 4.75. The molecule has 0 radical (unpaired) electrons. The molecule has 4 aromatic carbocycles. The Kier molecular flexibility index (Phi) is 7.39. The summed E-state index contributed by atoms with van der Waals surface area (Å²) in [7, 11) is 0. The highest BCUT2D eigenvalue weighted by Gasteiger charge is 2.30. The lowest BCUT2D eigenvalue weighted by molar-refractivity contribution is 0.0442. The zero-order chi connectivity index (χ0) is 30.2. The number of Topliss-reactive ketones (excluding diaryl/α,β-unsaturated/α-hetero) is 1. The second-order valence-corrected chi connectivity index (χ2v) is 10.8. The molecule has 0 spiro atoms. The molecule has 1 aliphatic rings. The minimum Gasteiger partial charge on any atom is -0.478 e. The van der Waals surface area contributed by atoms with Gasteiger partial charge in [0.25, 0.3) is 0 Å². The number of esters is 2. The number of benzene rings is 4. The van der Waals surface area contributed by atoms with E-state index in [1.807, 2.05) is 36.4 Å². The van der Waals surface area contributed by atoms with E-state index in [1.165, 1.54) is 24.3 Å². The largest absolute Gasteiger partial charge is 0.478 e. The maximum Gasteiger partial charge on any atom is 0.347 e. The van der Waals surface area contributed by atoms with Crippen LogP contribution < -0.4 is 9.47 Å². The van der Waals surface area contributed by atoms with Crippen LogP contribution in [0.15, 0.2) is 84.9 Å². The van der Waals surface area contributed by atoms with Crippen LogP contribution in [0.3, 0.4) is 0 Å². The molecule has 0 fully saturated rings. The van der Waals surface area contributed by atoms with Crippen LogP contribution in [0.2, 0.25) is 0 Å². The molecule has 214 valence electrons. The number of aromatic carboxylic acids is 1. The fourth-order valence-electron chi connectivity index (χ4n) is 4.75. The van der Waals surface area contributed by atoms with Gasteiger partial charge in [0, 0.05) is 18.3 Å². The van der Waals surface area contributed by atoms with Crippen molar-refractivity contribution < 1.29 is 39.9 Å². The van der Waals surface area contributed by atoms with Gasteiger partial charge in [0.1, 0.15) is 23.0 Å². The predicted octanol–water partition coefficient (Wildman–Crippen LogP) is 7.69. The van der Waals surface area contributed by atoms with Gasteiger partial charge in [0.2, 0.25) is 0 Å². The van der Waals surface area contributed by atoms with Gasteiger partial charge in [-0.3, -0.25) is 4.79 Å². The summed E-state index contributed by atoms with van der Waals surface area (Å²) in [6.45, 7) is 7.55. The number of fused-ring (bicyclic) bond motifs is 1. The number of rotatable bonds is 9. The van der Waals surface area contributed by atoms with Crippen molar-refractivity contribution >= 4 is 23.7 Å². The van der Waals surface area contributed by atoms with Gasteiger partial charge < -0.3 is 19.3 Å². The molecule has 0 saturated heterocycles. The monoisotopic (exact) mass is 566 g/mol. The van der Waals surface area contributed by atoms with Gasteiger partial charge in [-0.15, -0.1) is 0 Å². The lowest BCUT2D eigenvalue weighted by atomic mass is 9.78. The quantitative estimate of drug-likeness (QED) is 0.124. The molecule has 0 atom stereocenters. The molecule has 1 aliphatic heterocycles. The summed E-state index contributed by atoms with van der Waals surface area (Å²) in [5.41, 5.74) is 1.80. The van der Waals surface area contributed by atoms with E-state index in [1.54, 1.807) is 38.1 Å². The van der Waals surface area contributed by atoms with Crippen LogP contribution in [0.1, 0.15) is 81.7 Å². The van der Waals surface area contributed by atoms with Gasteiger partial charge >= 0.3 is 17.9 Å². The van der Waals surface area contributed by atoms with Crippen molar-refractivity contribution in [1.29, 1.82) is 0 Å². The highest BCUT2D eigenvalue weighted by atomic mass is 16.6. The van der Waals surface area contributed by atoms with Crippen molar-refractivity contribution in [2.75, 3.05) is 0 Å². The molecule has 8 heteroatoms. The van der Waals surface area contributed by atoms with Gasteiger partial charge in [-0.25, -0.2) is 14.4 Å². The van der Waals surface area contributed by atoms with Crippen LogP contribution in [0.5, 0.6) is 23.0 Å². The van der Waals surface area contributed by atoms with Crippen molar-refractivity contribution in [3.8, 4) is 23.0 Å². The molecule has 8 nitrogen and oxygen atoms in total. The number of hydrogen-bond donors (Lipinski definition) is 1. The van der Waals surface area contributed by atoms with Crippen LogP contribution in [-0.2, 0) is 10.2 Å². The number of carboxylic acids is 1. The van der Waals surface area contributed by atoms with Crippen molar-refractivity contribution in [3.05, 3.63) is 118 Å². The molecule has 1 heterocycles. The maximum absolute atomic E-state index is 12.5. The molecule has 0 saturated carbocycles. The van der Waals surface area contributed by atoms with E-state index in [9.17, 15) is 24.3 Å². The van der Waals surface area contributed by atoms with Crippen molar-refractivity contribution in [1.82, 2.24) is 0 Å². The molecule has 0 aromatic heterocycles. The van der Waals surface area contributed by atoms with E-state index in [-0.39, 0.29) is 35.4 Å². The highest BCUT2D eigenvalue weighted by molar-refractivity contribution is 6.14. The first-order valence-electron chi connectivity index (χ1n) is 13.3. The zero-order valence-corrected chi connectivity index (χ0v) is 23.5. The molecule has 0 amide bonds. The van der Waals surface area contributed by atoms with Crippen molar-refractivity contribution in [2.45, 2.75) is 33.1 Å². The minimum atomic E-state index is -1.20. The summed E-state index contributed by atoms with van der Waals surface area (Å²) < 4.78 is 16.7. The summed E-state index contributed by atoms with van der Waals surface area (Å²) >= 11 is 0. The highest BCUT2D eigenvalue weighted by Crippen LogP contribution is 2.37. The number of carboxylic acid groups (broad SMARTS) is 1. The number of hydrogen-bond acceptors (Lipinski definition) is 7. The number of ketones is 1. The normalized spacial score (nSPS) is 12.6. The van der Waals surface area contributed by atoms with E-state index < -0.39 is 23.3 Å². The van der Waals surface area contributed by atoms with E-state index in [4.69, 9.17) is 9.47 Å². The van der Waals surface area contributed by atoms with Gasteiger partial charge in [-0.2, -0.15) is 0 Å². The Morgan fingerprint density at radius 3 is 1.81 bits per heavy atom. The van der Waals surface area contributed by atoms with Crippen LogP contribution >= 0.6 is 0 Å². The molecule has 42 heavy (non-hydrogen) atoms. The van der Waals surface area contributed by atoms with Gasteiger partial charge in [0.05, 0.1) is 16.7 Å². The fraction of sp³-hybridized carbons (Fsp3) is 0.176. The average Bonchev–Trinajstić information content (AvgIpc) is 3.25. The number of cyclic esters (lactones) is 2. The van der Waals surface area contributed by atoms with E-state index in [0.717, 1.165) is 11.1 Å². The standard InChI is InChI=1S/C34H28O8.H2/c1-19(2)30(35)26-13-11-24(17-28(26)31(36)37)40-22-9-5-7-20(15-22)34(3,4)21-8-6-10-23(16-21)41-25-12-14-27-29(18-25)33(39)42-32(27)38;/h5-19H,1-4H3,(H,36,37);1H. The van der Waals surface area contributed by atoms with Gasteiger partial charge in [0.15, 0.2) is 5.78 Å². The third kappa shape index (κ3) is 5.51. The maximum atomic E-state index is 12.5. The number of ether oxygens (including phenoxy) is 3. The first kappa shape index (κ1) is 28.3. The van der Waals surface area contributed by atoms with Crippen LogP contribution in [-0.4, -0.2) is 28.8 Å². The van der Waals surface area contributed by atoms with Crippen molar-refractivity contribution in [3.63, 3.8) is 0 Å².